The lowest BCUT2D eigenvalue weighted by molar-refractivity contribution is 0.0696. The lowest BCUT2D eigenvalue weighted by atomic mass is 10.0. The molecule has 0 aliphatic carbocycles. The van der Waals surface area contributed by atoms with Crippen molar-refractivity contribution in [3.8, 4) is 11.5 Å². The molecule has 0 unspecified atom stereocenters. The minimum atomic E-state index is -1.45. The summed E-state index contributed by atoms with van der Waals surface area (Å²) >= 11 is 0. The van der Waals surface area contributed by atoms with Gasteiger partial charge in [-0.3, -0.25) is 4.79 Å². The van der Waals surface area contributed by atoms with Gasteiger partial charge < -0.3 is 19.7 Å². The molecule has 2 aromatic carbocycles. The van der Waals surface area contributed by atoms with Crippen LogP contribution in [0, 0.1) is 6.92 Å². The Morgan fingerprint density at radius 2 is 1.76 bits per heavy atom. The summed E-state index contributed by atoms with van der Waals surface area (Å²) in [5.74, 6) is -2.27. The van der Waals surface area contributed by atoms with Gasteiger partial charge in [0.15, 0.2) is 0 Å². The molecule has 0 aliphatic rings. The number of phenols is 2. The van der Waals surface area contributed by atoms with Gasteiger partial charge in [-0.1, -0.05) is 0 Å². The minimum absolute atomic E-state index is 0.0349. The fourth-order valence-corrected chi connectivity index (χ4v) is 2.39. The molecule has 3 aromatic rings. The van der Waals surface area contributed by atoms with Gasteiger partial charge in [-0.15, -0.1) is 0 Å². The molecule has 1 aromatic heterocycles. The van der Waals surface area contributed by atoms with Crippen LogP contribution in [0.1, 0.15) is 15.9 Å². The van der Waals surface area contributed by atoms with Gasteiger partial charge in [0.1, 0.15) is 33.6 Å². The fraction of sp³-hybridized carbons (Fsp3) is 0.0667. The van der Waals surface area contributed by atoms with Crippen LogP contribution >= 0.6 is 0 Å². The highest BCUT2D eigenvalue weighted by Gasteiger charge is 2.21. The van der Waals surface area contributed by atoms with Crippen molar-refractivity contribution in [2.45, 2.75) is 6.92 Å². The number of benzene rings is 2. The minimum Gasteiger partial charge on any atom is -0.507 e. The number of phenolic OH excluding ortho intramolecular Hbond substituents is 1. The van der Waals surface area contributed by atoms with Gasteiger partial charge in [0.05, 0.1) is 5.39 Å². The maximum atomic E-state index is 12.5. The number of fused-ring (bicyclic) bond motifs is 2. The molecule has 6 heteroatoms. The second-order valence-electron chi connectivity index (χ2n) is 4.73. The topological polar surface area (TPSA) is 108 Å². The summed E-state index contributed by atoms with van der Waals surface area (Å²) in [5.41, 5.74) is -0.348. The molecule has 0 saturated heterocycles. The van der Waals surface area contributed by atoms with E-state index in [1.54, 1.807) is 13.0 Å². The largest absolute Gasteiger partial charge is 0.507 e. The van der Waals surface area contributed by atoms with Crippen LogP contribution in [-0.4, -0.2) is 21.3 Å². The van der Waals surface area contributed by atoms with Crippen LogP contribution in [-0.2, 0) is 0 Å². The van der Waals surface area contributed by atoms with E-state index in [0.29, 0.717) is 5.56 Å². The summed E-state index contributed by atoms with van der Waals surface area (Å²) in [4.78, 5) is 23.8. The van der Waals surface area contributed by atoms with E-state index in [4.69, 9.17) is 4.42 Å². The number of aromatic carboxylic acids is 1. The summed E-state index contributed by atoms with van der Waals surface area (Å²) in [6.45, 7) is 1.73. The summed E-state index contributed by atoms with van der Waals surface area (Å²) < 4.78 is 5.50. The number of aromatic hydroxyl groups is 2. The Morgan fingerprint density at radius 1 is 1.05 bits per heavy atom. The van der Waals surface area contributed by atoms with Crippen LogP contribution in [0.3, 0.4) is 0 Å². The predicted octanol–water partition coefficient (Wildman–Crippen LogP) is 2.36. The smallest absolute Gasteiger partial charge is 0.340 e. The lowest BCUT2D eigenvalue weighted by Crippen LogP contribution is -2.09. The summed E-state index contributed by atoms with van der Waals surface area (Å²) in [6.07, 6.45) is 0. The molecule has 0 saturated carbocycles. The molecule has 1 heterocycles. The van der Waals surface area contributed by atoms with Crippen LogP contribution in [0.2, 0.25) is 0 Å². The molecule has 0 atom stereocenters. The highest BCUT2D eigenvalue weighted by molar-refractivity contribution is 6.07. The van der Waals surface area contributed by atoms with Gasteiger partial charge in [0.25, 0.3) is 0 Å². The zero-order chi connectivity index (χ0) is 15.3. The molecule has 106 valence electrons. The van der Waals surface area contributed by atoms with Crippen molar-refractivity contribution in [2.75, 3.05) is 0 Å². The van der Waals surface area contributed by atoms with Crippen molar-refractivity contribution in [3.63, 3.8) is 0 Å². The van der Waals surface area contributed by atoms with Gasteiger partial charge in [0, 0.05) is 0 Å². The lowest BCUT2D eigenvalue weighted by Gasteiger charge is -2.07. The number of carboxylic acids is 1. The fourth-order valence-electron chi connectivity index (χ4n) is 2.39. The van der Waals surface area contributed by atoms with Crippen molar-refractivity contribution in [1.82, 2.24) is 0 Å². The highest BCUT2D eigenvalue weighted by atomic mass is 16.4. The quantitative estimate of drug-likeness (QED) is 0.593. The van der Waals surface area contributed by atoms with E-state index in [2.05, 4.69) is 0 Å². The third kappa shape index (κ3) is 1.80. The average Bonchev–Trinajstić information content (AvgIpc) is 2.38. The van der Waals surface area contributed by atoms with Crippen molar-refractivity contribution < 1.29 is 24.5 Å². The van der Waals surface area contributed by atoms with Gasteiger partial charge in [0.2, 0.25) is 5.43 Å². The Hall–Kier alpha value is -3.02. The van der Waals surface area contributed by atoms with Gasteiger partial charge in [-0.05, 0) is 36.8 Å². The number of rotatable bonds is 1. The number of carbonyl (C=O) groups is 1. The molecule has 0 amide bonds. The van der Waals surface area contributed by atoms with E-state index < -0.39 is 22.7 Å². The molecule has 0 spiro atoms. The number of hydrogen-bond acceptors (Lipinski definition) is 5. The number of hydrogen-bond donors (Lipinski definition) is 3. The Kier molecular flexibility index (Phi) is 2.62. The maximum Gasteiger partial charge on any atom is 0.340 e. The molecule has 0 bridgehead atoms. The Labute approximate surface area is 117 Å². The van der Waals surface area contributed by atoms with E-state index in [-0.39, 0.29) is 27.7 Å². The third-order valence-electron chi connectivity index (χ3n) is 3.26. The van der Waals surface area contributed by atoms with Crippen LogP contribution in [0.15, 0.2) is 33.5 Å². The van der Waals surface area contributed by atoms with E-state index in [0.717, 1.165) is 6.07 Å². The summed E-state index contributed by atoms with van der Waals surface area (Å²) in [7, 11) is 0. The summed E-state index contributed by atoms with van der Waals surface area (Å²) in [5, 5.41) is 28.4. The number of carboxylic acid groups (broad SMARTS) is 1. The summed E-state index contributed by atoms with van der Waals surface area (Å²) in [6, 6.07) is 5.42. The molecule has 0 aliphatic heterocycles. The standard InChI is InChI=1S/C15H10O6/c1-6-4-8(17)11-10(5-6)21-9-3-2-7(16)12(15(19)20)13(9)14(11)18/h2-5,16-17H,1H3,(H,19,20). The Morgan fingerprint density at radius 3 is 2.43 bits per heavy atom. The van der Waals surface area contributed by atoms with E-state index in [1.807, 2.05) is 0 Å². The highest BCUT2D eigenvalue weighted by Crippen LogP contribution is 2.31. The maximum absolute atomic E-state index is 12.5. The molecular weight excluding hydrogens is 276 g/mol. The third-order valence-corrected chi connectivity index (χ3v) is 3.26. The van der Waals surface area contributed by atoms with Crippen molar-refractivity contribution in [3.05, 3.63) is 45.6 Å². The molecule has 3 N–H and O–H groups in total. The normalized spacial score (nSPS) is 11.1. The molecular formula is C15H10O6. The van der Waals surface area contributed by atoms with Crippen molar-refractivity contribution >= 4 is 27.9 Å². The van der Waals surface area contributed by atoms with Gasteiger partial charge in [-0.25, -0.2) is 4.79 Å². The van der Waals surface area contributed by atoms with Crippen LogP contribution in [0.5, 0.6) is 11.5 Å². The number of aryl methyl sites for hydroxylation is 1. The van der Waals surface area contributed by atoms with E-state index in [9.17, 15) is 24.9 Å². The second kappa shape index (κ2) is 4.24. The molecule has 0 radical (unpaired) electrons. The van der Waals surface area contributed by atoms with Crippen molar-refractivity contribution in [2.24, 2.45) is 0 Å². The first-order valence-electron chi connectivity index (χ1n) is 6.05. The zero-order valence-corrected chi connectivity index (χ0v) is 10.9. The van der Waals surface area contributed by atoms with E-state index in [1.165, 1.54) is 12.1 Å². The Bertz CT molecular complexity index is 967. The van der Waals surface area contributed by atoms with Gasteiger partial charge >= 0.3 is 5.97 Å². The SMILES string of the molecule is Cc1cc(O)c2c(=O)c3c(C(=O)O)c(O)ccc3oc2c1. The predicted molar refractivity (Wildman–Crippen MR) is 75.0 cm³/mol. The first-order valence-corrected chi connectivity index (χ1v) is 6.05. The van der Waals surface area contributed by atoms with Crippen LogP contribution in [0.25, 0.3) is 21.9 Å². The van der Waals surface area contributed by atoms with Crippen LogP contribution < -0.4 is 5.43 Å². The Balaban J connectivity index is 2.65. The molecule has 6 nitrogen and oxygen atoms in total. The van der Waals surface area contributed by atoms with Crippen LogP contribution in [0.4, 0.5) is 0 Å². The zero-order valence-electron chi connectivity index (χ0n) is 10.9. The van der Waals surface area contributed by atoms with E-state index >= 15 is 0 Å². The molecule has 0 fully saturated rings. The monoisotopic (exact) mass is 286 g/mol. The molecule has 21 heavy (non-hydrogen) atoms. The first kappa shape index (κ1) is 13.0. The average molecular weight is 286 g/mol. The first-order chi connectivity index (χ1) is 9.90. The molecule has 3 rings (SSSR count). The van der Waals surface area contributed by atoms with Gasteiger partial charge in [-0.2, -0.15) is 0 Å². The van der Waals surface area contributed by atoms with Crippen molar-refractivity contribution in [1.29, 1.82) is 0 Å². The second-order valence-corrected chi connectivity index (χ2v) is 4.73.